The molecular formula is C20H26N4O. The Kier molecular flexibility index (Phi) is 5.43. The summed E-state index contributed by atoms with van der Waals surface area (Å²) in [6, 6.07) is 8.64. The van der Waals surface area contributed by atoms with Crippen LogP contribution in [0, 0.1) is 6.92 Å². The zero-order chi connectivity index (χ0) is 17.8. The molecule has 2 aromatic heterocycles. The summed E-state index contributed by atoms with van der Waals surface area (Å²) in [7, 11) is 2.16. The van der Waals surface area contributed by atoms with Gasteiger partial charge in [0, 0.05) is 18.8 Å². The number of hydrogen-bond donors (Lipinski definition) is 1. The molecule has 0 saturated carbocycles. The van der Waals surface area contributed by atoms with Crippen molar-refractivity contribution in [2.24, 2.45) is 5.73 Å². The molecule has 1 saturated heterocycles. The van der Waals surface area contributed by atoms with E-state index in [0.717, 1.165) is 36.2 Å². The third kappa shape index (κ3) is 3.87. The number of amides is 1. The molecule has 0 bridgehead atoms. The van der Waals surface area contributed by atoms with Crippen LogP contribution in [0.2, 0.25) is 0 Å². The van der Waals surface area contributed by atoms with Crippen molar-refractivity contribution < 1.29 is 4.79 Å². The van der Waals surface area contributed by atoms with Crippen LogP contribution in [0.4, 0.5) is 0 Å². The van der Waals surface area contributed by atoms with Crippen LogP contribution in [0.1, 0.15) is 60.3 Å². The van der Waals surface area contributed by atoms with E-state index in [1.165, 1.54) is 5.56 Å². The molecule has 5 heteroatoms. The van der Waals surface area contributed by atoms with Crippen molar-refractivity contribution in [1.29, 1.82) is 0 Å². The number of hydrogen-bond acceptors (Lipinski definition) is 4. The monoisotopic (exact) mass is 338 g/mol. The molecule has 2 aromatic rings. The van der Waals surface area contributed by atoms with E-state index in [-0.39, 0.29) is 11.9 Å². The Balaban J connectivity index is 1.88. The number of primary amides is 1. The number of piperidine rings is 1. The van der Waals surface area contributed by atoms with Crippen molar-refractivity contribution in [2.75, 3.05) is 7.05 Å². The number of nitrogens with zero attached hydrogens (tertiary/aromatic N) is 3. The summed E-state index contributed by atoms with van der Waals surface area (Å²) in [6.07, 6.45) is 8.04. The number of aromatic nitrogens is 2. The van der Waals surface area contributed by atoms with E-state index in [4.69, 9.17) is 5.73 Å². The smallest absolute Gasteiger partial charge is 0.217 e. The molecule has 3 rings (SSSR count). The Morgan fingerprint density at radius 1 is 1.16 bits per heavy atom. The summed E-state index contributed by atoms with van der Waals surface area (Å²) in [5.74, 6) is -0.270. The molecule has 0 spiro atoms. The van der Waals surface area contributed by atoms with Crippen molar-refractivity contribution in [3.8, 4) is 0 Å². The van der Waals surface area contributed by atoms with Gasteiger partial charge in [0.25, 0.3) is 0 Å². The van der Waals surface area contributed by atoms with Crippen LogP contribution < -0.4 is 5.73 Å². The molecule has 0 radical (unpaired) electrons. The Bertz CT molecular complexity index is 746. The lowest BCUT2D eigenvalue weighted by Crippen LogP contribution is -2.35. The topological polar surface area (TPSA) is 72.1 Å². The van der Waals surface area contributed by atoms with Gasteiger partial charge in [0.15, 0.2) is 0 Å². The molecule has 132 valence electrons. The zero-order valence-electron chi connectivity index (χ0n) is 15.0. The third-order valence-electron chi connectivity index (χ3n) is 5.19. The van der Waals surface area contributed by atoms with E-state index in [1.807, 2.05) is 24.5 Å². The highest BCUT2D eigenvalue weighted by Gasteiger charge is 2.32. The summed E-state index contributed by atoms with van der Waals surface area (Å²) in [5.41, 5.74) is 9.92. The summed E-state index contributed by atoms with van der Waals surface area (Å²) in [6.45, 7) is 2.12. The van der Waals surface area contributed by atoms with E-state index >= 15 is 0 Å². The highest BCUT2D eigenvalue weighted by Crippen LogP contribution is 2.40. The summed E-state index contributed by atoms with van der Waals surface area (Å²) >= 11 is 0. The van der Waals surface area contributed by atoms with Gasteiger partial charge in [0.1, 0.15) is 0 Å². The number of nitrogens with two attached hydrogens (primary N) is 1. The predicted molar refractivity (Wildman–Crippen MR) is 97.8 cm³/mol. The summed E-state index contributed by atoms with van der Waals surface area (Å²) < 4.78 is 0. The molecule has 3 heterocycles. The zero-order valence-corrected chi connectivity index (χ0v) is 15.0. The number of carbonyl (C=O) groups excluding carboxylic acids is 1. The molecule has 1 amide bonds. The average molecular weight is 338 g/mol. The molecule has 2 N–H and O–H groups in total. The van der Waals surface area contributed by atoms with Crippen molar-refractivity contribution in [3.05, 3.63) is 59.2 Å². The summed E-state index contributed by atoms with van der Waals surface area (Å²) in [5, 5.41) is 0. The first-order valence-corrected chi connectivity index (χ1v) is 8.93. The minimum atomic E-state index is -0.270. The predicted octanol–water partition coefficient (Wildman–Crippen LogP) is 3.10. The molecule has 1 aliphatic rings. The number of rotatable bonds is 5. The van der Waals surface area contributed by atoms with E-state index in [2.05, 4.69) is 41.0 Å². The maximum atomic E-state index is 11.2. The van der Waals surface area contributed by atoms with Crippen molar-refractivity contribution in [2.45, 2.75) is 51.1 Å². The fraction of sp³-hybridized carbons (Fsp3) is 0.450. The second-order valence-electron chi connectivity index (χ2n) is 6.85. The number of carbonyl (C=O) groups is 1. The fourth-order valence-corrected chi connectivity index (χ4v) is 3.86. The molecule has 5 nitrogen and oxygen atoms in total. The highest BCUT2D eigenvalue weighted by atomic mass is 16.1. The van der Waals surface area contributed by atoms with Crippen LogP contribution in [0.5, 0.6) is 0 Å². The lowest BCUT2D eigenvalue weighted by Gasteiger charge is -2.40. The second kappa shape index (κ2) is 7.74. The first kappa shape index (κ1) is 17.5. The maximum Gasteiger partial charge on any atom is 0.217 e. The van der Waals surface area contributed by atoms with E-state index in [0.29, 0.717) is 18.9 Å². The van der Waals surface area contributed by atoms with Gasteiger partial charge in [-0.3, -0.25) is 19.7 Å². The maximum absolute atomic E-state index is 11.2. The lowest BCUT2D eigenvalue weighted by atomic mass is 9.88. The van der Waals surface area contributed by atoms with Gasteiger partial charge in [0.2, 0.25) is 5.91 Å². The SMILES string of the molecule is Cc1cccnc1C1CCCC(c2ncccc2CCC(N)=O)N1C. The van der Waals surface area contributed by atoms with Crippen molar-refractivity contribution in [1.82, 2.24) is 14.9 Å². The van der Waals surface area contributed by atoms with E-state index in [9.17, 15) is 4.79 Å². The van der Waals surface area contributed by atoms with E-state index in [1.54, 1.807) is 0 Å². The number of pyridine rings is 2. The Morgan fingerprint density at radius 3 is 2.48 bits per heavy atom. The van der Waals surface area contributed by atoms with Crippen LogP contribution in [-0.4, -0.2) is 27.8 Å². The first-order chi connectivity index (χ1) is 12.1. The molecule has 0 aliphatic carbocycles. The largest absolute Gasteiger partial charge is 0.370 e. The van der Waals surface area contributed by atoms with Crippen molar-refractivity contribution in [3.63, 3.8) is 0 Å². The fourth-order valence-electron chi connectivity index (χ4n) is 3.86. The first-order valence-electron chi connectivity index (χ1n) is 8.93. The molecule has 25 heavy (non-hydrogen) atoms. The van der Waals surface area contributed by atoms with Crippen LogP contribution in [-0.2, 0) is 11.2 Å². The Morgan fingerprint density at radius 2 is 1.80 bits per heavy atom. The molecular weight excluding hydrogens is 312 g/mol. The van der Waals surface area contributed by atoms with Gasteiger partial charge < -0.3 is 5.73 Å². The quantitative estimate of drug-likeness (QED) is 0.909. The van der Waals surface area contributed by atoms with Gasteiger partial charge in [-0.15, -0.1) is 0 Å². The van der Waals surface area contributed by atoms with Gasteiger partial charge in [0.05, 0.1) is 23.5 Å². The molecule has 2 unspecified atom stereocenters. The summed E-state index contributed by atoms with van der Waals surface area (Å²) in [4.78, 5) is 22.9. The highest BCUT2D eigenvalue weighted by molar-refractivity contribution is 5.74. The normalized spacial score (nSPS) is 21.2. The minimum absolute atomic E-state index is 0.240. The van der Waals surface area contributed by atoms with Gasteiger partial charge in [-0.2, -0.15) is 0 Å². The van der Waals surface area contributed by atoms with Crippen LogP contribution in [0.3, 0.4) is 0 Å². The number of aryl methyl sites for hydroxylation is 2. The van der Waals surface area contributed by atoms with Gasteiger partial charge in [-0.25, -0.2) is 0 Å². The minimum Gasteiger partial charge on any atom is -0.370 e. The van der Waals surface area contributed by atoms with Crippen LogP contribution in [0.15, 0.2) is 36.7 Å². The number of likely N-dealkylation sites (tertiary alicyclic amines) is 1. The van der Waals surface area contributed by atoms with Gasteiger partial charge in [-0.05, 0) is 62.9 Å². The standard InChI is InChI=1S/C20H26N4O/c1-14-6-4-12-22-19(14)16-8-3-9-17(24(16)2)20-15(7-5-13-23-20)10-11-18(21)25/h4-7,12-13,16-17H,3,8-11H2,1-2H3,(H2,21,25). The van der Waals surface area contributed by atoms with Gasteiger partial charge >= 0.3 is 0 Å². The Labute approximate surface area is 149 Å². The van der Waals surface area contributed by atoms with Crippen LogP contribution >= 0.6 is 0 Å². The third-order valence-corrected chi connectivity index (χ3v) is 5.19. The molecule has 1 aliphatic heterocycles. The van der Waals surface area contributed by atoms with Gasteiger partial charge in [-0.1, -0.05) is 12.1 Å². The second-order valence-corrected chi connectivity index (χ2v) is 6.85. The molecule has 0 aromatic carbocycles. The molecule has 2 atom stereocenters. The van der Waals surface area contributed by atoms with E-state index < -0.39 is 0 Å². The van der Waals surface area contributed by atoms with Crippen molar-refractivity contribution >= 4 is 5.91 Å². The average Bonchev–Trinajstić information content (AvgIpc) is 2.61. The lowest BCUT2D eigenvalue weighted by molar-refractivity contribution is -0.117. The Hall–Kier alpha value is -2.27. The van der Waals surface area contributed by atoms with Crippen LogP contribution in [0.25, 0.3) is 0 Å². The molecule has 1 fully saturated rings.